The molecule has 9 heteroatoms. The van der Waals surface area contributed by atoms with Crippen LogP contribution in [0.15, 0.2) is 23.1 Å². The van der Waals surface area contributed by atoms with Crippen molar-refractivity contribution in [3.8, 4) is 0 Å². The number of nitrogens with two attached hydrogens (primary N) is 1. The smallest absolute Gasteiger partial charge is 0.331 e. The van der Waals surface area contributed by atoms with Crippen LogP contribution in [0.2, 0.25) is 0 Å². The van der Waals surface area contributed by atoms with Crippen LogP contribution in [0.1, 0.15) is 31.2 Å². The molecule has 1 aromatic carbocycles. The molecular weight excluding hydrogens is 348 g/mol. The second kappa shape index (κ2) is 7.94. The van der Waals surface area contributed by atoms with Crippen molar-refractivity contribution in [3.05, 3.63) is 33.9 Å². The Morgan fingerprint density at radius 2 is 2.16 bits per heavy atom. The highest BCUT2D eigenvalue weighted by Gasteiger charge is 2.48. The van der Waals surface area contributed by atoms with Crippen molar-refractivity contribution >= 4 is 29.5 Å². The molecule has 0 unspecified atom stereocenters. The molecule has 0 aromatic heterocycles. The topological polar surface area (TPSA) is 133 Å². The van der Waals surface area contributed by atoms with Gasteiger partial charge in [-0.05, 0) is 44.2 Å². The number of hydrogen-bond acceptors (Lipinski definition) is 7. The number of aliphatic carboxylic acids is 1. The van der Waals surface area contributed by atoms with Gasteiger partial charge >= 0.3 is 5.97 Å². The summed E-state index contributed by atoms with van der Waals surface area (Å²) in [6, 6.07) is 4.69. The van der Waals surface area contributed by atoms with Gasteiger partial charge in [0, 0.05) is 24.0 Å². The molecule has 0 spiro atoms. The average Bonchev–Trinajstić information content (AvgIpc) is 3.38. The molecule has 0 bridgehead atoms. The van der Waals surface area contributed by atoms with Gasteiger partial charge in [-0.2, -0.15) is 0 Å². The number of benzene rings is 1. The number of nitro benzene ring substituents is 1. The molecule has 0 saturated heterocycles. The number of Topliss-reactive ketones (excluding diaryl/α,β-unsaturated/α-hetero) is 1. The van der Waals surface area contributed by atoms with Crippen molar-refractivity contribution in [2.24, 2.45) is 11.7 Å². The van der Waals surface area contributed by atoms with E-state index in [9.17, 15) is 24.8 Å². The van der Waals surface area contributed by atoms with Crippen molar-refractivity contribution in [2.75, 3.05) is 6.61 Å². The number of carbonyl (C=O) groups is 2. The van der Waals surface area contributed by atoms with Crippen molar-refractivity contribution in [3.63, 3.8) is 0 Å². The van der Waals surface area contributed by atoms with Crippen molar-refractivity contribution in [1.29, 1.82) is 0 Å². The number of nitrogens with zero attached hydrogens (tertiary/aromatic N) is 1. The lowest BCUT2D eigenvalue weighted by Crippen LogP contribution is -2.55. The summed E-state index contributed by atoms with van der Waals surface area (Å²) >= 11 is 0.861. The molecule has 25 heavy (non-hydrogen) atoms. The van der Waals surface area contributed by atoms with E-state index >= 15 is 0 Å². The molecule has 1 saturated carbocycles. The molecule has 0 heterocycles. The lowest BCUT2D eigenvalue weighted by atomic mass is 9.87. The van der Waals surface area contributed by atoms with Crippen LogP contribution in [0.3, 0.4) is 0 Å². The van der Waals surface area contributed by atoms with Gasteiger partial charge in [-0.15, -0.1) is 0 Å². The molecule has 0 radical (unpaired) electrons. The third-order valence-corrected chi connectivity index (χ3v) is 4.82. The minimum Gasteiger partial charge on any atom is -0.480 e. The largest absolute Gasteiger partial charge is 0.480 e. The van der Waals surface area contributed by atoms with Gasteiger partial charge in [-0.1, -0.05) is 6.07 Å². The fourth-order valence-corrected chi connectivity index (χ4v) is 3.19. The summed E-state index contributed by atoms with van der Waals surface area (Å²) in [5, 5.41) is 20.3. The Morgan fingerprint density at radius 3 is 2.72 bits per heavy atom. The van der Waals surface area contributed by atoms with Crippen LogP contribution in [0.5, 0.6) is 0 Å². The predicted molar refractivity (Wildman–Crippen MR) is 91.2 cm³/mol. The summed E-state index contributed by atoms with van der Waals surface area (Å²) < 4.78 is 5.35. The highest BCUT2D eigenvalue weighted by atomic mass is 32.2. The first-order chi connectivity index (χ1) is 11.8. The van der Waals surface area contributed by atoms with Gasteiger partial charge < -0.3 is 15.0 Å². The van der Waals surface area contributed by atoms with Crippen molar-refractivity contribution < 1.29 is 23.8 Å². The highest BCUT2D eigenvalue weighted by molar-refractivity contribution is 7.94. The quantitative estimate of drug-likeness (QED) is 0.211. The first-order valence-corrected chi connectivity index (χ1v) is 8.61. The van der Waals surface area contributed by atoms with Gasteiger partial charge in [0.1, 0.15) is 4.90 Å². The fourth-order valence-electron chi connectivity index (χ4n) is 2.40. The molecule has 3 N–H and O–H groups in total. The van der Waals surface area contributed by atoms with E-state index in [1.807, 2.05) is 6.92 Å². The molecule has 2 rings (SSSR count). The zero-order chi connectivity index (χ0) is 18.6. The van der Waals surface area contributed by atoms with Crippen LogP contribution in [0.25, 0.3) is 0 Å². The van der Waals surface area contributed by atoms with Crippen LogP contribution >= 0.6 is 12.0 Å². The Bertz CT molecular complexity index is 691. The number of nitro groups is 1. The molecule has 1 aliphatic rings. The molecule has 136 valence electrons. The fraction of sp³-hybridized carbons (Fsp3) is 0.500. The van der Waals surface area contributed by atoms with E-state index in [1.165, 1.54) is 6.07 Å². The van der Waals surface area contributed by atoms with E-state index in [4.69, 9.17) is 9.92 Å². The maximum atomic E-state index is 12.1. The van der Waals surface area contributed by atoms with Crippen LogP contribution < -0.4 is 5.73 Å². The van der Waals surface area contributed by atoms with Crippen molar-refractivity contribution in [1.82, 2.24) is 0 Å². The SMILES string of the molecule is Cc1ccc([N+](=O)[O-])c(SOCCC[C@@](N)(C(=O)O)C(=O)C2CC2)c1. The Hall–Kier alpha value is -1.97. The number of carboxylic acids is 1. The summed E-state index contributed by atoms with van der Waals surface area (Å²) in [4.78, 5) is 34.3. The zero-order valence-corrected chi connectivity index (χ0v) is 14.6. The van der Waals surface area contributed by atoms with E-state index in [1.54, 1.807) is 12.1 Å². The lowest BCUT2D eigenvalue weighted by molar-refractivity contribution is -0.387. The molecule has 1 fully saturated rings. The summed E-state index contributed by atoms with van der Waals surface area (Å²) in [5.41, 5.74) is 4.72. The molecule has 8 nitrogen and oxygen atoms in total. The molecular formula is C16H20N2O6S. The van der Waals surface area contributed by atoms with Gasteiger partial charge in [0.25, 0.3) is 5.69 Å². The van der Waals surface area contributed by atoms with E-state index in [-0.39, 0.29) is 31.1 Å². The molecule has 1 atom stereocenters. The Morgan fingerprint density at radius 1 is 1.48 bits per heavy atom. The number of ketones is 1. The highest BCUT2D eigenvalue weighted by Crippen LogP contribution is 2.35. The van der Waals surface area contributed by atoms with E-state index in [0.717, 1.165) is 17.6 Å². The Balaban J connectivity index is 1.87. The molecule has 0 amide bonds. The third-order valence-electron chi connectivity index (χ3n) is 4.03. The molecule has 1 aromatic rings. The zero-order valence-electron chi connectivity index (χ0n) is 13.8. The van der Waals surface area contributed by atoms with E-state index in [0.29, 0.717) is 17.7 Å². The van der Waals surface area contributed by atoms with Crippen LogP contribution in [-0.4, -0.2) is 33.9 Å². The predicted octanol–water partition coefficient (Wildman–Crippen LogP) is 2.47. The Labute approximate surface area is 149 Å². The minimum atomic E-state index is -1.88. The lowest BCUT2D eigenvalue weighted by Gasteiger charge is -2.22. The maximum absolute atomic E-state index is 12.1. The second-order valence-electron chi connectivity index (χ2n) is 6.15. The van der Waals surface area contributed by atoms with Gasteiger partial charge in [-0.25, -0.2) is 4.79 Å². The number of hydrogen-bond donors (Lipinski definition) is 2. The number of rotatable bonds is 10. The average molecular weight is 368 g/mol. The number of carboxylic acid groups (broad SMARTS) is 1. The van der Waals surface area contributed by atoms with Gasteiger partial charge in [0.15, 0.2) is 11.3 Å². The van der Waals surface area contributed by atoms with E-state index < -0.39 is 22.2 Å². The van der Waals surface area contributed by atoms with E-state index in [2.05, 4.69) is 0 Å². The summed E-state index contributed by atoms with van der Waals surface area (Å²) in [6.07, 6.45) is 1.60. The van der Waals surface area contributed by atoms with Crippen LogP contribution in [0.4, 0.5) is 5.69 Å². The van der Waals surface area contributed by atoms with Crippen LogP contribution in [-0.2, 0) is 13.8 Å². The monoisotopic (exact) mass is 368 g/mol. The van der Waals surface area contributed by atoms with Gasteiger partial charge in [0.2, 0.25) is 0 Å². The maximum Gasteiger partial charge on any atom is 0.331 e. The third kappa shape index (κ3) is 4.77. The van der Waals surface area contributed by atoms with Crippen molar-refractivity contribution in [2.45, 2.75) is 43.0 Å². The van der Waals surface area contributed by atoms with Gasteiger partial charge in [-0.3, -0.25) is 14.9 Å². The number of carbonyl (C=O) groups excluding carboxylic acids is 1. The molecule has 1 aliphatic carbocycles. The number of aryl methyl sites for hydroxylation is 1. The standard InChI is InChI=1S/C16H20N2O6S/c1-10-3-6-12(18(22)23)13(9-10)25-24-8-2-7-16(17,15(20)21)14(19)11-4-5-11/h3,6,9,11H,2,4-5,7-8,17H2,1H3,(H,20,21)/t16-/m0/s1. The normalized spacial score (nSPS) is 16.2. The second-order valence-corrected chi connectivity index (χ2v) is 6.99. The van der Waals surface area contributed by atoms with Crippen LogP contribution in [0, 0.1) is 23.0 Å². The Kier molecular flexibility index (Phi) is 6.15. The first-order valence-electron chi connectivity index (χ1n) is 7.87. The minimum absolute atomic E-state index is 0.0336. The summed E-state index contributed by atoms with van der Waals surface area (Å²) in [6.45, 7) is 1.94. The summed E-state index contributed by atoms with van der Waals surface area (Å²) in [5.74, 6) is -2.00. The van der Waals surface area contributed by atoms with Gasteiger partial charge in [0.05, 0.1) is 11.5 Å². The first kappa shape index (κ1) is 19.4. The summed E-state index contributed by atoms with van der Waals surface area (Å²) in [7, 11) is 0. The molecule has 0 aliphatic heterocycles.